The van der Waals surface area contributed by atoms with E-state index >= 15 is 0 Å². The summed E-state index contributed by atoms with van der Waals surface area (Å²) in [5.41, 5.74) is -0.531. The number of hydrazone groups is 1. The van der Waals surface area contributed by atoms with Crippen molar-refractivity contribution >= 4 is 17.4 Å². The van der Waals surface area contributed by atoms with Crippen LogP contribution in [-0.2, 0) is 25.8 Å². The van der Waals surface area contributed by atoms with Crippen LogP contribution in [0.3, 0.4) is 0 Å². The van der Waals surface area contributed by atoms with Crippen LogP contribution in [0.5, 0.6) is 0 Å². The number of nitrogens with zero attached hydrogens (tertiary/aromatic N) is 5. The molecule has 0 fully saturated rings. The predicted octanol–water partition coefficient (Wildman–Crippen LogP) is 2.92. The highest BCUT2D eigenvalue weighted by Crippen LogP contribution is 2.30. The third-order valence-electron chi connectivity index (χ3n) is 5.45. The number of benzene rings is 1. The van der Waals surface area contributed by atoms with Crippen molar-refractivity contribution in [1.29, 1.82) is 0 Å². The Bertz CT molecular complexity index is 1290. The van der Waals surface area contributed by atoms with E-state index in [4.69, 9.17) is 0 Å². The second-order valence-corrected chi connectivity index (χ2v) is 7.71. The molecule has 1 aliphatic heterocycles. The zero-order chi connectivity index (χ0) is 23.0. The van der Waals surface area contributed by atoms with Gasteiger partial charge >= 0.3 is 11.9 Å². The summed E-state index contributed by atoms with van der Waals surface area (Å²) in [6, 6.07) is 5.17. The molecule has 0 radical (unpaired) electrons. The van der Waals surface area contributed by atoms with Crippen molar-refractivity contribution in [3.8, 4) is 0 Å². The number of alkyl halides is 3. The topological polar surface area (TPSA) is 88.3 Å². The largest absolute Gasteiger partial charge is 0.416 e. The molecule has 0 saturated heterocycles. The lowest BCUT2D eigenvalue weighted by Crippen LogP contribution is -2.30. The Balaban J connectivity index is 1.65. The van der Waals surface area contributed by atoms with Crippen molar-refractivity contribution < 1.29 is 13.2 Å². The summed E-state index contributed by atoms with van der Waals surface area (Å²) in [5.74, 6) is 0.343. The molecule has 1 aliphatic rings. The summed E-state index contributed by atoms with van der Waals surface area (Å²) in [7, 11) is 0. The lowest BCUT2D eigenvalue weighted by Gasteiger charge is -2.17. The van der Waals surface area contributed by atoms with Gasteiger partial charge in [-0.15, -0.1) is 0 Å². The number of hydrogen-bond donors (Lipinski definition) is 1. The molecule has 1 N–H and O–H groups in total. The fourth-order valence-electron chi connectivity index (χ4n) is 4.02. The first kappa shape index (κ1) is 21.8. The van der Waals surface area contributed by atoms with Crippen molar-refractivity contribution in [2.24, 2.45) is 5.10 Å². The first-order chi connectivity index (χ1) is 15.2. The molecule has 1 aromatic carbocycles. The lowest BCUT2D eigenvalue weighted by atomic mass is 10.1. The first-order valence-electron chi connectivity index (χ1n) is 10.4. The van der Waals surface area contributed by atoms with Crippen LogP contribution in [-0.4, -0.2) is 36.9 Å². The molecular formula is C21H23F3N6O2. The van der Waals surface area contributed by atoms with Crippen LogP contribution in [0.1, 0.15) is 43.1 Å². The summed E-state index contributed by atoms with van der Waals surface area (Å²) in [4.78, 5) is 31.7. The molecule has 2 aromatic heterocycles. The molecular weight excluding hydrogens is 425 g/mol. The number of nitrogens with one attached hydrogen (secondary N) is 1. The summed E-state index contributed by atoms with van der Waals surface area (Å²) >= 11 is 0. The summed E-state index contributed by atoms with van der Waals surface area (Å²) in [5, 5.41) is 6.03. The number of halogens is 3. The molecule has 1 atom stereocenters. The number of aromatic amines is 1. The maximum atomic E-state index is 13.0. The highest BCUT2D eigenvalue weighted by molar-refractivity contribution is 5.75. The zero-order valence-corrected chi connectivity index (χ0v) is 17.7. The Labute approximate surface area is 181 Å². The van der Waals surface area contributed by atoms with Gasteiger partial charge in [-0.2, -0.15) is 18.3 Å². The van der Waals surface area contributed by atoms with Crippen LogP contribution in [0.4, 0.5) is 13.2 Å². The highest BCUT2D eigenvalue weighted by atomic mass is 19.4. The van der Waals surface area contributed by atoms with E-state index in [0.29, 0.717) is 42.2 Å². The fraction of sp³-hybridized carbons (Fsp3) is 0.429. The smallest absolute Gasteiger partial charge is 0.322 e. The number of imidazole rings is 1. The molecule has 8 nitrogen and oxygen atoms in total. The monoisotopic (exact) mass is 448 g/mol. The van der Waals surface area contributed by atoms with Crippen molar-refractivity contribution in [2.75, 3.05) is 6.54 Å². The second-order valence-electron chi connectivity index (χ2n) is 7.71. The van der Waals surface area contributed by atoms with Crippen LogP contribution in [0.2, 0.25) is 0 Å². The number of rotatable bonds is 6. The van der Waals surface area contributed by atoms with Gasteiger partial charge in [-0.1, -0.05) is 19.1 Å². The van der Waals surface area contributed by atoms with E-state index < -0.39 is 23.0 Å². The van der Waals surface area contributed by atoms with Gasteiger partial charge < -0.3 is 4.57 Å². The van der Waals surface area contributed by atoms with E-state index in [0.717, 1.165) is 18.6 Å². The quantitative estimate of drug-likeness (QED) is 0.628. The van der Waals surface area contributed by atoms with Crippen LogP contribution in [0.25, 0.3) is 11.2 Å². The Morgan fingerprint density at radius 3 is 2.66 bits per heavy atom. The minimum Gasteiger partial charge on any atom is -0.322 e. The Kier molecular flexibility index (Phi) is 5.66. The number of hydrogen-bond acceptors (Lipinski definition) is 5. The third kappa shape index (κ3) is 3.94. The first-order valence-corrected chi connectivity index (χ1v) is 10.4. The van der Waals surface area contributed by atoms with Crippen LogP contribution in [0, 0.1) is 0 Å². The van der Waals surface area contributed by atoms with Crippen molar-refractivity contribution in [3.63, 3.8) is 0 Å². The molecule has 0 saturated carbocycles. The van der Waals surface area contributed by atoms with Gasteiger partial charge in [0.15, 0.2) is 11.2 Å². The van der Waals surface area contributed by atoms with Gasteiger partial charge in [0.25, 0.3) is 5.56 Å². The van der Waals surface area contributed by atoms with Crippen molar-refractivity contribution in [3.05, 3.63) is 62.1 Å². The zero-order valence-electron chi connectivity index (χ0n) is 17.7. The van der Waals surface area contributed by atoms with Gasteiger partial charge in [0, 0.05) is 19.3 Å². The Morgan fingerprint density at radius 1 is 1.19 bits per heavy atom. The van der Waals surface area contributed by atoms with Crippen LogP contribution < -0.4 is 11.2 Å². The number of aryl methyl sites for hydroxylation is 2. The number of aromatic nitrogens is 4. The lowest BCUT2D eigenvalue weighted by molar-refractivity contribution is -0.137. The standard InChI is InChI=1S/C21H23F3N6O2/c1-3-8-30-16-18(29(4-2)20(32)27-19(16)31)26-17(30)14-10-25-28(12-14)11-13-6-5-7-15(9-13)21(22,23)24/h5-7,9-10,14H,3-4,8,11-12H2,1-2H3,(H,27,31,32). The molecule has 0 aliphatic carbocycles. The average molecular weight is 448 g/mol. The molecule has 0 amide bonds. The minimum absolute atomic E-state index is 0.213. The van der Waals surface area contributed by atoms with Crippen LogP contribution >= 0.6 is 0 Å². The average Bonchev–Trinajstić information content (AvgIpc) is 3.33. The van der Waals surface area contributed by atoms with E-state index in [1.165, 1.54) is 10.6 Å². The van der Waals surface area contributed by atoms with Gasteiger partial charge in [-0.3, -0.25) is 19.4 Å². The van der Waals surface area contributed by atoms with Gasteiger partial charge in [0.05, 0.1) is 24.6 Å². The van der Waals surface area contributed by atoms with Crippen LogP contribution in [0.15, 0.2) is 39.0 Å². The molecule has 0 spiro atoms. The SMILES string of the molecule is CCCn1c(C2C=NN(Cc3cccc(C(F)(F)F)c3)C2)nc2c1c(=O)[nH]c(=O)n2CC. The summed E-state index contributed by atoms with van der Waals surface area (Å²) in [6.07, 6.45) is -1.97. The Morgan fingerprint density at radius 2 is 1.97 bits per heavy atom. The maximum absolute atomic E-state index is 13.0. The predicted molar refractivity (Wildman–Crippen MR) is 114 cm³/mol. The summed E-state index contributed by atoms with van der Waals surface area (Å²) in [6.45, 7) is 5.28. The van der Waals surface area contributed by atoms with Gasteiger partial charge in [0.2, 0.25) is 0 Å². The molecule has 4 rings (SSSR count). The van der Waals surface area contributed by atoms with Gasteiger partial charge in [-0.25, -0.2) is 9.78 Å². The molecule has 1 unspecified atom stereocenters. The van der Waals surface area contributed by atoms with E-state index in [9.17, 15) is 22.8 Å². The van der Waals surface area contributed by atoms with Crippen molar-refractivity contribution in [1.82, 2.24) is 24.1 Å². The molecule has 0 bridgehead atoms. The van der Waals surface area contributed by atoms with E-state index in [1.807, 2.05) is 11.5 Å². The summed E-state index contributed by atoms with van der Waals surface area (Å²) < 4.78 is 42.2. The van der Waals surface area contributed by atoms with Crippen molar-refractivity contribution in [2.45, 2.75) is 52.0 Å². The van der Waals surface area contributed by atoms with Gasteiger partial charge in [0.1, 0.15) is 5.82 Å². The second kappa shape index (κ2) is 8.29. The number of H-pyrrole nitrogens is 1. The number of fused-ring (bicyclic) bond motifs is 1. The molecule has 3 heterocycles. The molecule has 11 heteroatoms. The Hall–Kier alpha value is -3.37. The van der Waals surface area contributed by atoms with E-state index in [2.05, 4.69) is 15.1 Å². The molecule has 3 aromatic rings. The third-order valence-corrected chi connectivity index (χ3v) is 5.45. The fourth-order valence-corrected chi connectivity index (χ4v) is 4.02. The highest BCUT2D eigenvalue weighted by Gasteiger charge is 2.31. The van der Waals surface area contributed by atoms with Gasteiger partial charge in [-0.05, 0) is 31.0 Å². The molecule has 170 valence electrons. The van der Waals surface area contributed by atoms with E-state index in [-0.39, 0.29) is 12.5 Å². The molecule has 32 heavy (non-hydrogen) atoms. The van der Waals surface area contributed by atoms with E-state index in [1.54, 1.807) is 24.2 Å². The normalized spacial score (nSPS) is 16.4. The maximum Gasteiger partial charge on any atom is 0.416 e. The minimum atomic E-state index is -4.40.